The Morgan fingerprint density at radius 3 is 1.65 bits per heavy atom. The highest BCUT2D eigenvalue weighted by atomic mass is 79.9. The van der Waals surface area contributed by atoms with Crippen LogP contribution in [-0.4, -0.2) is 9.97 Å². The average Bonchev–Trinajstić information content (AvgIpc) is 3.02. The summed E-state index contributed by atoms with van der Waals surface area (Å²) in [5.74, 6) is 0.174. The van der Waals surface area contributed by atoms with Crippen molar-refractivity contribution < 1.29 is 0 Å². The third-order valence-electron chi connectivity index (χ3n) is 3.38. The van der Waals surface area contributed by atoms with Crippen molar-refractivity contribution >= 4 is 31.9 Å². The van der Waals surface area contributed by atoms with Crippen LogP contribution >= 0.6 is 31.9 Å². The van der Waals surface area contributed by atoms with E-state index in [1.165, 1.54) is 11.1 Å². The Bertz CT molecular complexity index is 670. The molecule has 0 bridgehead atoms. The Morgan fingerprint density at radius 2 is 1.25 bits per heavy atom. The van der Waals surface area contributed by atoms with Gasteiger partial charge in [-0.1, -0.05) is 29.8 Å². The van der Waals surface area contributed by atoms with E-state index in [9.17, 15) is 0 Å². The molecule has 0 aliphatic heterocycles. The number of hydrogen-bond acceptors (Lipinski definition) is 0. The van der Waals surface area contributed by atoms with E-state index < -0.39 is 0 Å². The van der Waals surface area contributed by atoms with Gasteiger partial charge >= 0.3 is 0 Å². The molecule has 0 saturated carbocycles. The van der Waals surface area contributed by atoms with Crippen molar-refractivity contribution in [2.45, 2.75) is 12.8 Å². The number of halogens is 2. The molecule has 1 aromatic carbocycles. The lowest BCUT2D eigenvalue weighted by Gasteiger charge is -2.15. The van der Waals surface area contributed by atoms with Gasteiger partial charge in [-0.15, -0.1) is 0 Å². The zero-order valence-electron chi connectivity index (χ0n) is 11.0. The molecule has 0 spiro atoms. The molecule has 2 heterocycles. The van der Waals surface area contributed by atoms with Gasteiger partial charge in [-0.2, -0.15) is 0 Å². The summed E-state index contributed by atoms with van der Waals surface area (Å²) in [7, 11) is 0. The Hall–Kier alpha value is -1.26. The van der Waals surface area contributed by atoms with Crippen LogP contribution in [-0.2, 0) is 0 Å². The number of rotatable bonds is 3. The highest BCUT2D eigenvalue weighted by molar-refractivity contribution is 9.10. The molecule has 3 aromatic rings. The first-order chi connectivity index (χ1) is 9.63. The van der Waals surface area contributed by atoms with Gasteiger partial charge in [0.25, 0.3) is 0 Å². The third kappa shape index (κ3) is 2.76. The van der Waals surface area contributed by atoms with Crippen LogP contribution in [0.4, 0.5) is 0 Å². The molecular formula is C16H14Br2N2. The molecule has 4 heteroatoms. The van der Waals surface area contributed by atoms with Crippen molar-refractivity contribution in [3.05, 3.63) is 80.3 Å². The molecule has 0 saturated heterocycles. The van der Waals surface area contributed by atoms with Crippen LogP contribution < -0.4 is 0 Å². The van der Waals surface area contributed by atoms with Gasteiger partial charge in [0.05, 0.1) is 15.1 Å². The van der Waals surface area contributed by atoms with Crippen molar-refractivity contribution in [2.24, 2.45) is 0 Å². The molecule has 0 aliphatic rings. The van der Waals surface area contributed by atoms with E-state index >= 15 is 0 Å². The minimum absolute atomic E-state index is 0.174. The van der Waals surface area contributed by atoms with Crippen LogP contribution in [0.25, 0.3) is 0 Å². The van der Waals surface area contributed by atoms with Gasteiger partial charge in [0, 0.05) is 11.4 Å². The molecule has 3 rings (SSSR count). The standard InChI is InChI=1S/C16H14Br2N2/c1-10-2-4-11(5-3-10)16(12-6-8-14(17)19-12)13-7-9-15(18)20-13/h2-9,16,19-20H,1H3. The first-order valence-corrected chi connectivity index (χ1v) is 7.97. The molecule has 0 atom stereocenters. The second-order valence-corrected chi connectivity index (χ2v) is 6.58. The van der Waals surface area contributed by atoms with Gasteiger partial charge in [0.15, 0.2) is 0 Å². The first kappa shape index (κ1) is 13.7. The summed E-state index contributed by atoms with van der Waals surface area (Å²) >= 11 is 6.97. The van der Waals surface area contributed by atoms with E-state index in [2.05, 4.69) is 85.1 Å². The van der Waals surface area contributed by atoms with Crippen LogP contribution in [0, 0.1) is 6.92 Å². The maximum absolute atomic E-state index is 3.49. The molecule has 20 heavy (non-hydrogen) atoms. The minimum Gasteiger partial charge on any atom is -0.352 e. The zero-order chi connectivity index (χ0) is 14.1. The second-order valence-electron chi connectivity index (χ2n) is 4.87. The number of aromatic amines is 2. The monoisotopic (exact) mass is 392 g/mol. The fourth-order valence-corrected chi connectivity index (χ4v) is 3.11. The van der Waals surface area contributed by atoms with Gasteiger partial charge in [-0.05, 0) is 68.6 Å². The Kier molecular flexibility index (Phi) is 3.85. The fraction of sp³-hybridized carbons (Fsp3) is 0.125. The molecular weight excluding hydrogens is 380 g/mol. The lowest BCUT2D eigenvalue weighted by molar-refractivity contribution is 0.891. The van der Waals surface area contributed by atoms with Gasteiger partial charge in [-0.3, -0.25) is 0 Å². The Labute approximate surface area is 134 Å². The van der Waals surface area contributed by atoms with Crippen LogP contribution in [0.3, 0.4) is 0 Å². The van der Waals surface area contributed by atoms with Crippen LogP contribution in [0.5, 0.6) is 0 Å². The molecule has 0 amide bonds. The molecule has 0 aliphatic carbocycles. The molecule has 2 nitrogen and oxygen atoms in total. The summed E-state index contributed by atoms with van der Waals surface area (Å²) in [6.07, 6.45) is 0. The largest absolute Gasteiger partial charge is 0.352 e. The number of benzene rings is 1. The van der Waals surface area contributed by atoms with Crippen molar-refractivity contribution in [3.8, 4) is 0 Å². The molecule has 102 valence electrons. The smallest absolute Gasteiger partial charge is 0.0822 e. The van der Waals surface area contributed by atoms with Crippen molar-refractivity contribution in [1.29, 1.82) is 0 Å². The Balaban J connectivity index is 2.10. The van der Waals surface area contributed by atoms with E-state index in [1.54, 1.807) is 0 Å². The third-order valence-corrected chi connectivity index (χ3v) is 4.30. The highest BCUT2D eigenvalue weighted by Gasteiger charge is 2.19. The number of aromatic nitrogens is 2. The minimum atomic E-state index is 0.174. The maximum atomic E-state index is 3.49. The van der Waals surface area contributed by atoms with Crippen LogP contribution in [0.15, 0.2) is 57.7 Å². The van der Waals surface area contributed by atoms with E-state index in [1.807, 2.05) is 12.1 Å². The van der Waals surface area contributed by atoms with E-state index in [4.69, 9.17) is 0 Å². The number of nitrogens with one attached hydrogen (secondary N) is 2. The summed E-state index contributed by atoms with van der Waals surface area (Å²) < 4.78 is 1.99. The maximum Gasteiger partial charge on any atom is 0.0822 e. The number of aryl methyl sites for hydroxylation is 1. The summed E-state index contributed by atoms with van der Waals surface area (Å²) in [6.45, 7) is 2.11. The van der Waals surface area contributed by atoms with Crippen LogP contribution in [0.2, 0.25) is 0 Å². The molecule has 0 radical (unpaired) electrons. The summed E-state index contributed by atoms with van der Waals surface area (Å²) in [5, 5.41) is 0. The van der Waals surface area contributed by atoms with Crippen molar-refractivity contribution in [3.63, 3.8) is 0 Å². The fourth-order valence-electron chi connectivity index (χ4n) is 2.39. The molecule has 0 unspecified atom stereocenters. The zero-order valence-corrected chi connectivity index (χ0v) is 14.1. The van der Waals surface area contributed by atoms with Gasteiger partial charge in [0.1, 0.15) is 0 Å². The van der Waals surface area contributed by atoms with Crippen LogP contribution in [0.1, 0.15) is 28.4 Å². The number of hydrogen-bond donors (Lipinski definition) is 2. The quantitative estimate of drug-likeness (QED) is 0.600. The summed E-state index contributed by atoms with van der Waals surface area (Å²) in [5.41, 5.74) is 4.86. The topological polar surface area (TPSA) is 31.6 Å². The van der Waals surface area contributed by atoms with Gasteiger partial charge in [0.2, 0.25) is 0 Å². The lowest BCUT2D eigenvalue weighted by atomic mass is 9.92. The first-order valence-electron chi connectivity index (χ1n) is 6.39. The van der Waals surface area contributed by atoms with E-state index in [-0.39, 0.29) is 5.92 Å². The molecule has 2 N–H and O–H groups in total. The SMILES string of the molecule is Cc1ccc(C(c2ccc(Br)[nH]2)c2ccc(Br)[nH]2)cc1. The molecule has 2 aromatic heterocycles. The predicted molar refractivity (Wildman–Crippen MR) is 89.1 cm³/mol. The van der Waals surface area contributed by atoms with Gasteiger partial charge in [-0.25, -0.2) is 0 Å². The highest BCUT2D eigenvalue weighted by Crippen LogP contribution is 2.32. The summed E-state index contributed by atoms with van der Waals surface area (Å²) in [4.78, 5) is 6.76. The predicted octanol–water partition coefficient (Wildman–Crippen LogP) is 5.36. The second kappa shape index (κ2) is 5.62. The van der Waals surface area contributed by atoms with E-state index in [0.717, 1.165) is 20.6 Å². The van der Waals surface area contributed by atoms with E-state index in [0.29, 0.717) is 0 Å². The Morgan fingerprint density at radius 1 is 0.750 bits per heavy atom. The van der Waals surface area contributed by atoms with Crippen molar-refractivity contribution in [1.82, 2.24) is 9.97 Å². The number of H-pyrrole nitrogens is 2. The molecule has 0 fully saturated rings. The van der Waals surface area contributed by atoms with Gasteiger partial charge < -0.3 is 9.97 Å². The summed E-state index contributed by atoms with van der Waals surface area (Å²) in [6, 6.07) is 17.0. The van der Waals surface area contributed by atoms with Crippen molar-refractivity contribution in [2.75, 3.05) is 0 Å². The lowest BCUT2D eigenvalue weighted by Crippen LogP contribution is -2.04. The average molecular weight is 394 g/mol. The normalized spacial score (nSPS) is 11.2.